The molecule has 2 rings (SSSR count). The maximum Gasteiger partial charge on any atom is 0.276 e. The van der Waals surface area contributed by atoms with Gasteiger partial charge in [-0.05, 0) is 17.7 Å². The molecule has 19 heavy (non-hydrogen) atoms. The Morgan fingerprint density at radius 3 is 2.42 bits per heavy atom. The third-order valence-electron chi connectivity index (χ3n) is 2.68. The zero-order valence-corrected chi connectivity index (χ0v) is 12.0. The molecule has 0 radical (unpaired) electrons. The summed E-state index contributed by atoms with van der Waals surface area (Å²) in [5.41, 5.74) is 0.915. The van der Waals surface area contributed by atoms with E-state index in [9.17, 15) is 8.42 Å². The Kier molecular flexibility index (Phi) is 4.29. The van der Waals surface area contributed by atoms with Gasteiger partial charge in [0.1, 0.15) is 5.76 Å². The molecule has 0 aliphatic rings. The number of benzene rings is 1. The molecule has 0 spiro atoms. The van der Waals surface area contributed by atoms with Gasteiger partial charge in [0.25, 0.3) is 10.0 Å². The molecule has 0 aliphatic heterocycles. The number of nitrogens with zero attached hydrogens (tertiary/aromatic N) is 1. The summed E-state index contributed by atoms with van der Waals surface area (Å²) in [6, 6.07) is 12.4. The molecule has 0 saturated heterocycles. The van der Waals surface area contributed by atoms with E-state index in [2.05, 4.69) is 0 Å². The highest BCUT2D eigenvalue weighted by Gasteiger charge is 2.24. The Morgan fingerprint density at radius 2 is 1.84 bits per heavy atom. The molecule has 1 heterocycles. The van der Waals surface area contributed by atoms with E-state index in [1.165, 1.54) is 17.4 Å². The molecular formula is C13H14ClNO3S. The Morgan fingerprint density at radius 1 is 1.16 bits per heavy atom. The van der Waals surface area contributed by atoms with E-state index in [1.807, 2.05) is 30.3 Å². The van der Waals surface area contributed by atoms with Crippen LogP contribution in [0.2, 0.25) is 0 Å². The van der Waals surface area contributed by atoms with E-state index in [1.54, 1.807) is 6.07 Å². The number of halogens is 1. The standard InChI is InChI=1S/C13H14ClNO3S/c1-15(10-11-5-3-2-4-6-11)19(16,17)13-8-7-12(9-14)18-13/h2-8H,9-10H2,1H3. The lowest BCUT2D eigenvalue weighted by atomic mass is 10.2. The van der Waals surface area contributed by atoms with E-state index in [0.717, 1.165) is 5.56 Å². The molecule has 0 saturated carbocycles. The van der Waals surface area contributed by atoms with Gasteiger partial charge < -0.3 is 4.42 Å². The van der Waals surface area contributed by atoms with Crippen molar-refractivity contribution in [2.75, 3.05) is 7.05 Å². The van der Waals surface area contributed by atoms with Gasteiger partial charge in [-0.1, -0.05) is 30.3 Å². The molecule has 0 unspecified atom stereocenters. The van der Waals surface area contributed by atoms with Crippen molar-refractivity contribution in [1.29, 1.82) is 0 Å². The van der Waals surface area contributed by atoms with Gasteiger partial charge in [0.2, 0.25) is 5.09 Å². The van der Waals surface area contributed by atoms with Crippen LogP contribution in [0.4, 0.5) is 0 Å². The van der Waals surface area contributed by atoms with Crippen molar-refractivity contribution in [3.8, 4) is 0 Å². The van der Waals surface area contributed by atoms with Crippen molar-refractivity contribution >= 4 is 21.6 Å². The van der Waals surface area contributed by atoms with Crippen molar-refractivity contribution < 1.29 is 12.8 Å². The maximum absolute atomic E-state index is 12.3. The number of sulfonamides is 1. The number of hydrogen-bond donors (Lipinski definition) is 0. The van der Waals surface area contributed by atoms with E-state index in [0.29, 0.717) is 12.3 Å². The number of alkyl halides is 1. The minimum atomic E-state index is -3.62. The van der Waals surface area contributed by atoms with Gasteiger partial charge in [-0.25, -0.2) is 8.42 Å². The predicted molar refractivity (Wildman–Crippen MR) is 73.4 cm³/mol. The van der Waals surface area contributed by atoms with Gasteiger partial charge in [-0.3, -0.25) is 0 Å². The predicted octanol–water partition coefficient (Wildman–Crippen LogP) is 2.84. The van der Waals surface area contributed by atoms with Crippen LogP contribution >= 0.6 is 11.6 Å². The lowest BCUT2D eigenvalue weighted by molar-refractivity contribution is 0.393. The van der Waals surface area contributed by atoms with Crippen molar-refractivity contribution in [3.63, 3.8) is 0 Å². The molecule has 0 aliphatic carbocycles. The molecule has 0 atom stereocenters. The van der Waals surface area contributed by atoms with Gasteiger partial charge >= 0.3 is 0 Å². The molecule has 4 nitrogen and oxygen atoms in total. The Labute approximate surface area is 117 Å². The van der Waals surface area contributed by atoms with E-state index in [-0.39, 0.29) is 11.0 Å². The first-order chi connectivity index (χ1) is 9.04. The molecule has 1 aromatic heterocycles. The van der Waals surface area contributed by atoms with Crippen molar-refractivity contribution in [2.24, 2.45) is 0 Å². The third kappa shape index (κ3) is 3.18. The first-order valence-corrected chi connectivity index (χ1v) is 7.66. The summed E-state index contributed by atoms with van der Waals surface area (Å²) < 4.78 is 31.0. The van der Waals surface area contributed by atoms with Crippen LogP contribution in [0, 0.1) is 0 Å². The molecule has 0 amide bonds. The SMILES string of the molecule is CN(Cc1ccccc1)S(=O)(=O)c1ccc(CCl)o1. The van der Waals surface area contributed by atoms with E-state index in [4.69, 9.17) is 16.0 Å². The quantitative estimate of drug-likeness (QED) is 0.798. The van der Waals surface area contributed by atoms with Gasteiger partial charge in [0.15, 0.2) is 0 Å². The van der Waals surface area contributed by atoms with E-state index < -0.39 is 10.0 Å². The van der Waals surface area contributed by atoms with Gasteiger partial charge in [-0.2, -0.15) is 4.31 Å². The van der Waals surface area contributed by atoms with Crippen molar-refractivity contribution in [3.05, 3.63) is 53.8 Å². The normalized spacial score (nSPS) is 11.9. The molecule has 0 N–H and O–H groups in total. The highest BCUT2D eigenvalue weighted by atomic mass is 35.5. The number of furan rings is 1. The third-order valence-corrected chi connectivity index (χ3v) is 4.62. The lowest BCUT2D eigenvalue weighted by Gasteiger charge is -2.15. The summed E-state index contributed by atoms with van der Waals surface area (Å²) in [6.07, 6.45) is 0. The van der Waals surface area contributed by atoms with Gasteiger partial charge in [0.05, 0.1) is 5.88 Å². The summed E-state index contributed by atoms with van der Waals surface area (Å²) in [5, 5.41) is -0.0819. The first kappa shape index (κ1) is 14.1. The van der Waals surface area contributed by atoms with Crippen molar-refractivity contribution in [2.45, 2.75) is 17.5 Å². The smallest absolute Gasteiger partial charge is 0.276 e. The van der Waals surface area contributed by atoms with Crippen LogP contribution in [0.15, 0.2) is 52.0 Å². The Balaban J connectivity index is 2.19. The highest BCUT2D eigenvalue weighted by molar-refractivity contribution is 7.88. The topological polar surface area (TPSA) is 50.5 Å². The molecule has 0 fully saturated rings. The summed E-state index contributed by atoms with van der Waals surface area (Å²) in [7, 11) is -2.10. The fourth-order valence-corrected chi connectivity index (χ4v) is 2.87. The fourth-order valence-electron chi connectivity index (χ4n) is 1.65. The summed E-state index contributed by atoms with van der Waals surface area (Å²) in [5.74, 6) is 0.589. The van der Waals surface area contributed by atoms with Gasteiger partial charge in [-0.15, -0.1) is 11.6 Å². The number of rotatable bonds is 5. The summed E-state index contributed by atoms with van der Waals surface area (Å²) >= 11 is 5.60. The minimum Gasteiger partial charge on any atom is -0.447 e. The molecule has 6 heteroatoms. The second-order valence-corrected chi connectivity index (χ2v) is 6.34. The minimum absolute atomic E-state index is 0.0819. The lowest BCUT2D eigenvalue weighted by Crippen LogP contribution is -2.26. The largest absolute Gasteiger partial charge is 0.447 e. The first-order valence-electron chi connectivity index (χ1n) is 5.69. The Hall–Kier alpha value is -1.30. The van der Waals surface area contributed by atoms with E-state index >= 15 is 0 Å². The van der Waals surface area contributed by atoms with Crippen LogP contribution in [0.5, 0.6) is 0 Å². The Bertz CT molecular complexity index is 637. The van der Waals surface area contributed by atoms with Crippen LogP contribution in [0.3, 0.4) is 0 Å². The summed E-state index contributed by atoms with van der Waals surface area (Å²) in [4.78, 5) is 0. The van der Waals surface area contributed by atoms with Crippen LogP contribution in [-0.4, -0.2) is 19.8 Å². The zero-order valence-electron chi connectivity index (χ0n) is 10.4. The molecule has 2 aromatic rings. The molecule has 1 aromatic carbocycles. The average Bonchev–Trinajstić information content (AvgIpc) is 2.89. The second kappa shape index (κ2) is 5.77. The second-order valence-electron chi connectivity index (χ2n) is 4.10. The molecule has 0 bridgehead atoms. The highest BCUT2D eigenvalue weighted by Crippen LogP contribution is 2.20. The fraction of sp³-hybridized carbons (Fsp3) is 0.231. The van der Waals surface area contributed by atoms with Crippen LogP contribution in [-0.2, 0) is 22.4 Å². The molecule has 102 valence electrons. The van der Waals surface area contributed by atoms with Gasteiger partial charge in [0, 0.05) is 13.6 Å². The summed E-state index contributed by atoms with van der Waals surface area (Å²) in [6.45, 7) is 0.292. The van der Waals surface area contributed by atoms with Crippen LogP contribution in [0.1, 0.15) is 11.3 Å². The monoisotopic (exact) mass is 299 g/mol. The van der Waals surface area contributed by atoms with Crippen LogP contribution < -0.4 is 0 Å². The maximum atomic E-state index is 12.3. The average molecular weight is 300 g/mol. The van der Waals surface area contributed by atoms with Crippen LogP contribution in [0.25, 0.3) is 0 Å². The molecular weight excluding hydrogens is 286 g/mol. The van der Waals surface area contributed by atoms with Crippen molar-refractivity contribution in [1.82, 2.24) is 4.31 Å². The number of hydrogen-bond acceptors (Lipinski definition) is 3. The zero-order chi connectivity index (χ0) is 13.9.